The largest absolute Gasteiger partial charge is 0.259 e. The third-order valence-corrected chi connectivity index (χ3v) is 2.12. The van der Waals surface area contributed by atoms with Crippen molar-refractivity contribution in [3.63, 3.8) is 0 Å². The van der Waals surface area contributed by atoms with Gasteiger partial charge >= 0.3 is 0 Å². The summed E-state index contributed by atoms with van der Waals surface area (Å²) in [7, 11) is 0. The van der Waals surface area contributed by atoms with Crippen molar-refractivity contribution in [1.82, 2.24) is 0 Å². The molecule has 0 bridgehead atoms. The topological polar surface area (TPSA) is 12.4 Å². The molecule has 0 radical (unpaired) electrons. The molecule has 0 aromatic carbocycles. The number of allylic oxidation sites excluding steroid dienone is 3. The lowest BCUT2D eigenvalue weighted by Crippen LogP contribution is -1.95. The molecule has 1 nitrogen and oxygen atoms in total. The van der Waals surface area contributed by atoms with Gasteiger partial charge < -0.3 is 0 Å². The molecule has 1 heteroatoms. The van der Waals surface area contributed by atoms with E-state index in [1.165, 1.54) is 29.7 Å². The summed E-state index contributed by atoms with van der Waals surface area (Å²) in [5.41, 5.74) is 5.05. The zero-order valence-electron chi connectivity index (χ0n) is 10.3. The van der Waals surface area contributed by atoms with Crippen molar-refractivity contribution in [2.45, 2.75) is 53.9 Å². The van der Waals surface area contributed by atoms with E-state index < -0.39 is 0 Å². The Morgan fingerprint density at radius 1 is 1.14 bits per heavy atom. The van der Waals surface area contributed by atoms with Crippen LogP contribution in [0.4, 0.5) is 0 Å². The fourth-order valence-electron chi connectivity index (χ4n) is 1.62. The van der Waals surface area contributed by atoms with E-state index in [1.807, 2.05) is 20.8 Å². The van der Waals surface area contributed by atoms with Gasteiger partial charge in [-0.25, -0.2) is 0 Å². The number of nitrogens with zero attached hydrogens (tertiary/aromatic N) is 1. The number of rotatable bonds is 1. The molecule has 0 heterocycles. The van der Waals surface area contributed by atoms with E-state index in [0.717, 1.165) is 12.1 Å². The lowest BCUT2D eigenvalue weighted by atomic mass is 10.1. The van der Waals surface area contributed by atoms with Crippen LogP contribution in [0.25, 0.3) is 0 Å². The number of aliphatic imine (C=N–C) groups is 1. The van der Waals surface area contributed by atoms with E-state index >= 15 is 0 Å². The summed E-state index contributed by atoms with van der Waals surface area (Å²) >= 11 is 0. The van der Waals surface area contributed by atoms with E-state index in [4.69, 9.17) is 0 Å². The van der Waals surface area contributed by atoms with Crippen LogP contribution in [-0.2, 0) is 0 Å². The van der Waals surface area contributed by atoms with Crippen LogP contribution in [0.5, 0.6) is 0 Å². The minimum atomic E-state index is 0.922. The second-order valence-corrected chi connectivity index (χ2v) is 3.63. The van der Waals surface area contributed by atoms with Gasteiger partial charge in [-0.15, -0.1) is 0 Å². The molecule has 0 amide bonds. The Bertz CT molecular complexity index is 252. The molecule has 1 aliphatic carbocycles. The monoisotopic (exact) mass is 193 g/mol. The highest BCUT2D eigenvalue weighted by Crippen LogP contribution is 2.25. The van der Waals surface area contributed by atoms with Crippen molar-refractivity contribution >= 4 is 5.71 Å². The predicted molar refractivity (Wildman–Crippen MR) is 65.8 cm³/mol. The highest BCUT2D eigenvalue weighted by atomic mass is 14.8. The lowest BCUT2D eigenvalue weighted by Gasteiger charge is -2.02. The highest BCUT2D eigenvalue weighted by Gasteiger charge is 2.15. The third-order valence-electron chi connectivity index (χ3n) is 2.12. The van der Waals surface area contributed by atoms with Crippen molar-refractivity contribution in [3.05, 3.63) is 23.4 Å². The highest BCUT2D eigenvalue weighted by molar-refractivity contribution is 6.03. The predicted octanol–water partition coefficient (Wildman–Crippen LogP) is 4.51. The van der Waals surface area contributed by atoms with Gasteiger partial charge in [0.05, 0.1) is 0 Å². The Hall–Kier alpha value is -0.850. The first-order chi connectivity index (χ1) is 6.61. The summed E-state index contributed by atoms with van der Waals surface area (Å²) in [6.07, 6.45) is 3.59. The number of hydrogen-bond acceptors (Lipinski definition) is 1. The van der Waals surface area contributed by atoms with Crippen molar-refractivity contribution < 1.29 is 0 Å². The van der Waals surface area contributed by atoms with Gasteiger partial charge in [-0.05, 0) is 45.6 Å². The smallest absolute Gasteiger partial charge is 0.0437 e. The molecule has 0 aliphatic heterocycles. The van der Waals surface area contributed by atoms with E-state index in [-0.39, 0.29) is 0 Å². The average molecular weight is 193 g/mol. The molecule has 0 aromatic heterocycles. The first-order valence-corrected chi connectivity index (χ1v) is 5.51. The van der Waals surface area contributed by atoms with Gasteiger partial charge in [0.15, 0.2) is 0 Å². The van der Waals surface area contributed by atoms with Crippen LogP contribution in [0.3, 0.4) is 0 Å². The van der Waals surface area contributed by atoms with Gasteiger partial charge in [-0.2, -0.15) is 0 Å². The van der Waals surface area contributed by atoms with Crippen LogP contribution in [-0.4, -0.2) is 5.71 Å². The van der Waals surface area contributed by atoms with Crippen molar-refractivity contribution in [1.29, 1.82) is 0 Å². The van der Waals surface area contributed by atoms with Crippen LogP contribution in [0.15, 0.2) is 28.4 Å². The van der Waals surface area contributed by atoms with Crippen LogP contribution in [0.1, 0.15) is 53.9 Å². The summed E-state index contributed by atoms with van der Waals surface area (Å²) in [6.45, 7) is 14.1. The zero-order chi connectivity index (χ0) is 11.1. The summed E-state index contributed by atoms with van der Waals surface area (Å²) < 4.78 is 0. The Labute approximate surface area is 88.6 Å². The lowest BCUT2D eigenvalue weighted by molar-refractivity contribution is 0.939. The van der Waals surface area contributed by atoms with E-state index in [0.29, 0.717) is 0 Å². The zero-order valence-corrected chi connectivity index (χ0v) is 10.3. The van der Waals surface area contributed by atoms with Crippen LogP contribution in [0.2, 0.25) is 0 Å². The van der Waals surface area contributed by atoms with Crippen molar-refractivity contribution in [3.8, 4) is 0 Å². The molecule has 0 unspecified atom stereocenters. The molecular weight excluding hydrogens is 170 g/mol. The maximum absolute atomic E-state index is 4.44. The minimum Gasteiger partial charge on any atom is -0.259 e. The van der Waals surface area contributed by atoms with Gasteiger partial charge in [0.1, 0.15) is 0 Å². The second kappa shape index (κ2) is 6.58. The van der Waals surface area contributed by atoms with Crippen LogP contribution >= 0.6 is 0 Å². The Balaban J connectivity index is 0.000000791. The molecular formula is C13H23N. The fraction of sp³-hybridized carbons (Fsp3) is 0.615. The van der Waals surface area contributed by atoms with Gasteiger partial charge in [0.25, 0.3) is 0 Å². The molecule has 1 saturated carbocycles. The normalized spacial score (nSPS) is 17.8. The third kappa shape index (κ3) is 3.91. The van der Waals surface area contributed by atoms with Gasteiger partial charge in [-0.1, -0.05) is 26.0 Å². The van der Waals surface area contributed by atoms with Crippen molar-refractivity contribution in [2.24, 2.45) is 4.99 Å². The van der Waals surface area contributed by atoms with E-state index in [2.05, 4.69) is 25.4 Å². The quantitative estimate of drug-likeness (QED) is 0.581. The SMILES string of the molecule is C=C(C)N=C1CCCC1=C(C)C.CC. The molecule has 0 N–H and O–H groups in total. The molecule has 14 heavy (non-hydrogen) atoms. The average Bonchev–Trinajstić information content (AvgIpc) is 2.55. The summed E-state index contributed by atoms with van der Waals surface area (Å²) in [4.78, 5) is 4.44. The van der Waals surface area contributed by atoms with Crippen LogP contribution < -0.4 is 0 Å². The number of hydrogen-bond donors (Lipinski definition) is 0. The molecule has 1 aliphatic rings. The molecule has 0 atom stereocenters. The summed E-state index contributed by atoms with van der Waals surface area (Å²) in [5.74, 6) is 0. The second-order valence-electron chi connectivity index (χ2n) is 3.63. The first kappa shape index (κ1) is 13.2. The van der Waals surface area contributed by atoms with E-state index in [1.54, 1.807) is 0 Å². The Morgan fingerprint density at radius 3 is 2.14 bits per heavy atom. The summed E-state index contributed by atoms with van der Waals surface area (Å²) in [5, 5.41) is 0. The maximum Gasteiger partial charge on any atom is 0.0437 e. The molecule has 80 valence electrons. The minimum absolute atomic E-state index is 0.922. The Kier molecular flexibility index (Phi) is 6.18. The fourth-order valence-corrected chi connectivity index (χ4v) is 1.62. The maximum atomic E-state index is 4.44. The van der Waals surface area contributed by atoms with Crippen LogP contribution in [0, 0.1) is 0 Å². The molecule has 0 spiro atoms. The first-order valence-electron chi connectivity index (χ1n) is 5.51. The Morgan fingerprint density at radius 2 is 1.71 bits per heavy atom. The standard InChI is InChI=1S/C11H17N.C2H6/c1-8(2)10-6-5-7-11(10)12-9(3)4;1-2/h3,5-7H2,1-2,4H3;1-2H3. The van der Waals surface area contributed by atoms with Gasteiger partial charge in [0, 0.05) is 11.4 Å². The molecule has 0 saturated heterocycles. The van der Waals surface area contributed by atoms with Crippen molar-refractivity contribution in [2.75, 3.05) is 0 Å². The van der Waals surface area contributed by atoms with Gasteiger partial charge in [0.2, 0.25) is 0 Å². The van der Waals surface area contributed by atoms with E-state index in [9.17, 15) is 0 Å². The van der Waals surface area contributed by atoms with Gasteiger partial charge in [-0.3, -0.25) is 4.99 Å². The molecule has 0 aromatic rings. The molecule has 1 fully saturated rings. The molecule has 1 rings (SSSR count). The summed E-state index contributed by atoms with van der Waals surface area (Å²) in [6, 6.07) is 0.